The van der Waals surface area contributed by atoms with E-state index in [1.165, 1.54) is 0 Å². The summed E-state index contributed by atoms with van der Waals surface area (Å²) in [5.74, 6) is 0.764. The first-order valence-corrected chi connectivity index (χ1v) is 7.60. The number of nitrogens with zero attached hydrogens (tertiary/aromatic N) is 2. The van der Waals surface area contributed by atoms with Crippen LogP contribution in [0.4, 0.5) is 0 Å². The van der Waals surface area contributed by atoms with Gasteiger partial charge in [0.25, 0.3) is 9.70 Å². The van der Waals surface area contributed by atoms with Crippen molar-refractivity contribution in [3.63, 3.8) is 0 Å². The smallest absolute Gasteiger partial charge is 0.299 e. The molecule has 0 atom stereocenters. The Hall–Kier alpha value is -0.530. The predicted octanol–water partition coefficient (Wildman–Crippen LogP) is 2.13. The first-order chi connectivity index (χ1) is 8.89. The lowest BCUT2D eigenvalue weighted by molar-refractivity contribution is -0.116. The Bertz CT molecular complexity index is 452. The zero-order valence-corrected chi connectivity index (χ0v) is 13.4. The summed E-state index contributed by atoms with van der Waals surface area (Å²) < 4.78 is -2.05. The molecule has 0 aliphatic rings. The van der Waals surface area contributed by atoms with Crippen molar-refractivity contribution in [3.8, 4) is 0 Å². The van der Waals surface area contributed by atoms with Crippen LogP contribution >= 0.6 is 46.6 Å². The van der Waals surface area contributed by atoms with Gasteiger partial charge in [-0.2, -0.15) is 16.8 Å². The fraction of sp³-hybridized carbons (Fsp3) is 0.364. The highest BCUT2D eigenvalue weighted by atomic mass is 35.6. The van der Waals surface area contributed by atoms with E-state index in [1.807, 2.05) is 18.2 Å². The van der Waals surface area contributed by atoms with E-state index in [2.05, 4.69) is 9.98 Å². The Labute approximate surface area is 136 Å². The van der Waals surface area contributed by atoms with Crippen LogP contribution in [0.1, 0.15) is 12.1 Å². The second kappa shape index (κ2) is 9.41. The van der Waals surface area contributed by atoms with Gasteiger partial charge in [0.2, 0.25) is 0 Å². The molecule has 0 spiro atoms. The maximum absolute atomic E-state index is 11.2. The topological polar surface area (TPSA) is 99.8 Å². The summed E-state index contributed by atoms with van der Waals surface area (Å²) in [6.45, 7) is 0. The lowest BCUT2D eigenvalue weighted by Crippen LogP contribution is -2.22. The van der Waals surface area contributed by atoms with E-state index in [9.17, 15) is 4.79 Å². The first-order valence-electron chi connectivity index (χ1n) is 5.31. The van der Waals surface area contributed by atoms with Crippen molar-refractivity contribution in [1.29, 1.82) is 0 Å². The zero-order valence-electron chi connectivity index (χ0n) is 10.4. The molecule has 1 amide bonds. The summed E-state index contributed by atoms with van der Waals surface area (Å²) in [6, 6.07) is 5.73. The number of amides is 1. The largest absolute Gasteiger partial charge is 0.412 e. The molecule has 4 N–H and O–H groups in total. The molecule has 0 aliphatic carbocycles. The molecule has 0 saturated heterocycles. The van der Waals surface area contributed by atoms with Gasteiger partial charge in [-0.25, -0.2) is 0 Å². The van der Waals surface area contributed by atoms with Gasteiger partial charge in [-0.15, -0.1) is 0 Å². The third kappa shape index (κ3) is 7.91. The van der Waals surface area contributed by atoms with E-state index in [4.69, 9.17) is 40.5 Å². The summed E-state index contributed by atoms with van der Waals surface area (Å²) in [4.78, 5) is 19.0. The quantitative estimate of drug-likeness (QED) is 0.377. The molecule has 0 aromatic carbocycles. The van der Waals surface area contributed by atoms with Gasteiger partial charge in [-0.05, 0) is 12.1 Å². The summed E-state index contributed by atoms with van der Waals surface area (Å²) in [5.41, 5.74) is 6.56. The van der Waals surface area contributed by atoms with Gasteiger partial charge in [0.05, 0.1) is 5.69 Å². The molecule has 112 valence electrons. The van der Waals surface area contributed by atoms with E-state index in [0.717, 1.165) is 11.4 Å². The minimum atomic E-state index is -2.05. The maximum Gasteiger partial charge on any atom is 0.299 e. The molecule has 9 heteroatoms. The first kappa shape index (κ1) is 19.5. The minimum absolute atomic E-state index is 0. The number of halogens is 3. The van der Waals surface area contributed by atoms with Crippen molar-refractivity contribution in [2.45, 2.75) is 16.0 Å². The molecule has 0 saturated carbocycles. The SMILES string of the molecule is NC(CCSCc1ccccn1)=NC(=O)C(Cl)(Cl)Cl.O. The highest BCUT2D eigenvalue weighted by molar-refractivity contribution is 7.98. The minimum Gasteiger partial charge on any atom is -0.412 e. The number of thioether (sulfide) groups is 1. The number of hydrogen-bond acceptors (Lipinski definition) is 3. The van der Waals surface area contributed by atoms with Crippen LogP contribution in [0.3, 0.4) is 0 Å². The summed E-state index contributed by atoms with van der Waals surface area (Å²) >= 11 is 17.8. The van der Waals surface area contributed by atoms with Crippen LogP contribution in [-0.2, 0) is 10.5 Å². The average Bonchev–Trinajstić information content (AvgIpc) is 2.35. The highest BCUT2D eigenvalue weighted by Gasteiger charge is 2.30. The second-order valence-electron chi connectivity index (χ2n) is 3.53. The van der Waals surface area contributed by atoms with E-state index >= 15 is 0 Å². The molecule has 0 fully saturated rings. The zero-order chi connectivity index (χ0) is 14.3. The molecule has 1 heterocycles. The number of rotatable bonds is 5. The maximum atomic E-state index is 11.2. The van der Waals surface area contributed by atoms with E-state index in [-0.39, 0.29) is 11.3 Å². The molecular weight excluding hydrogens is 345 g/mol. The fourth-order valence-electron chi connectivity index (χ4n) is 1.09. The molecule has 1 rings (SSSR count). The van der Waals surface area contributed by atoms with Gasteiger partial charge in [-0.1, -0.05) is 40.9 Å². The van der Waals surface area contributed by atoms with Gasteiger partial charge >= 0.3 is 0 Å². The number of hydrogen-bond donors (Lipinski definition) is 1. The van der Waals surface area contributed by atoms with Crippen LogP contribution < -0.4 is 5.73 Å². The molecule has 0 radical (unpaired) electrons. The standard InChI is InChI=1S/C11H12Cl3N3OS.H2O/c12-11(13,14)10(18)17-9(15)4-6-19-7-8-3-1-2-5-16-8;/h1-3,5H,4,6-7H2,(H2,15,17,18);1H2. The average molecular weight is 359 g/mol. The van der Waals surface area contributed by atoms with Gasteiger partial charge in [-0.3, -0.25) is 9.78 Å². The van der Waals surface area contributed by atoms with Crippen molar-refractivity contribution in [2.24, 2.45) is 10.7 Å². The van der Waals surface area contributed by atoms with Crippen molar-refractivity contribution < 1.29 is 10.3 Å². The van der Waals surface area contributed by atoms with Crippen molar-refractivity contribution in [2.75, 3.05) is 5.75 Å². The molecule has 20 heavy (non-hydrogen) atoms. The van der Waals surface area contributed by atoms with Crippen LogP contribution in [-0.4, -0.2) is 31.7 Å². The summed E-state index contributed by atoms with van der Waals surface area (Å²) in [5, 5.41) is 0. The van der Waals surface area contributed by atoms with Crippen LogP contribution in [0, 0.1) is 0 Å². The number of aromatic nitrogens is 1. The van der Waals surface area contributed by atoms with Gasteiger partial charge in [0.15, 0.2) is 0 Å². The Morgan fingerprint density at radius 1 is 1.40 bits per heavy atom. The number of pyridine rings is 1. The Kier molecular flexibility index (Phi) is 9.16. The second-order valence-corrected chi connectivity index (χ2v) is 6.92. The monoisotopic (exact) mass is 357 g/mol. The Morgan fingerprint density at radius 3 is 2.65 bits per heavy atom. The van der Waals surface area contributed by atoms with Crippen molar-refractivity contribution >= 4 is 58.3 Å². The third-order valence-corrected chi connectivity index (χ3v) is 3.44. The number of alkyl halides is 3. The van der Waals surface area contributed by atoms with E-state index in [1.54, 1.807) is 18.0 Å². The van der Waals surface area contributed by atoms with Gasteiger partial charge in [0, 0.05) is 24.1 Å². The van der Waals surface area contributed by atoms with E-state index in [0.29, 0.717) is 12.2 Å². The third-order valence-electron chi connectivity index (χ3n) is 1.97. The number of nitrogens with two attached hydrogens (primary N) is 1. The van der Waals surface area contributed by atoms with Crippen LogP contribution in [0.25, 0.3) is 0 Å². The van der Waals surface area contributed by atoms with Crippen LogP contribution in [0.15, 0.2) is 29.4 Å². The summed E-state index contributed by atoms with van der Waals surface area (Å²) in [6.07, 6.45) is 2.19. The molecule has 0 unspecified atom stereocenters. The number of aliphatic imine (C=N–C) groups is 1. The molecule has 1 aromatic heterocycles. The van der Waals surface area contributed by atoms with Crippen LogP contribution in [0.2, 0.25) is 0 Å². The lowest BCUT2D eigenvalue weighted by atomic mass is 10.4. The molecule has 1 aromatic rings. The number of carbonyl (C=O) groups excluding carboxylic acids is 1. The summed E-state index contributed by atoms with van der Waals surface area (Å²) in [7, 11) is 0. The molecule has 0 bridgehead atoms. The molecule has 0 aliphatic heterocycles. The predicted molar refractivity (Wildman–Crippen MR) is 85.5 cm³/mol. The Morgan fingerprint density at radius 2 is 2.10 bits per heavy atom. The number of amidine groups is 1. The fourth-order valence-corrected chi connectivity index (χ4v) is 2.09. The Balaban J connectivity index is 0.00000361. The van der Waals surface area contributed by atoms with Crippen molar-refractivity contribution in [3.05, 3.63) is 30.1 Å². The van der Waals surface area contributed by atoms with Crippen LogP contribution in [0.5, 0.6) is 0 Å². The van der Waals surface area contributed by atoms with E-state index < -0.39 is 9.70 Å². The normalized spacial score (nSPS) is 11.8. The number of carbonyl (C=O) groups is 1. The van der Waals surface area contributed by atoms with Crippen molar-refractivity contribution in [1.82, 2.24) is 4.98 Å². The van der Waals surface area contributed by atoms with Gasteiger partial charge in [0.1, 0.15) is 5.84 Å². The molecule has 5 nitrogen and oxygen atoms in total. The molecular formula is C11H14Cl3N3O2S. The highest BCUT2D eigenvalue weighted by Crippen LogP contribution is 2.27. The van der Waals surface area contributed by atoms with Gasteiger partial charge < -0.3 is 11.2 Å². The lowest BCUT2D eigenvalue weighted by Gasteiger charge is -2.06.